The first-order valence-corrected chi connectivity index (χ1v) is 2.05. The van der Waals surface area contributed by atoms with Crippen molar-refractivity contribution < 1.29 is 38.3 Å². The van der Waals surface area contributed by atoms with Gasteiger partial charge < -0.3 is 6.15 Å². The van der Waals surface area contributed by atoms with Crippen LogP contribution in [-0.4, -0.2) is 11.9 Å². The van der Waals surface area contributed by atoms with Crippen molar-refractivity contribution in [3.63, 3.8) is 0 Å². The average Bonchev–Trinajstić information content (AvgIpc) is 1.65. The van der Waals surface area contributed by atoms with E-state index < -0.39 is 11.9 Å². The molecule has 0 aromatic rings. The fourth-order valence-corrected chi connectivity index (χ4v) is 0.201. The summed E-state index contributed by atoms with van der Waals surface area (Å²) in [4.78, 5) is 19.0. The van der Waals surface area contributed by atoms with Gasteiger partial charge in [-0.15, -0.1) is 0 Å². The third kappa shape index (κ3) is 3.77. The third-order valence-electron chi connectivity index (χ3n) is 0.242. The van der Waals surface area contributed by atoms with E-state index in [4.69, 9.17) is 0 Å². The quantitative estimate of drug-likeness (QED) is 0.366. The van der Waals surface area contributed by atoms with E-state index in [1.54, 1.807) is 0 Å². The molecule has 0 radical (unpaired) electrons. The Hall–Kier alpha value is -0.412. The van der Waals surface area contributed by atoms with Gasteiger partial charge in [0.05, 0.1) is 0 Å². The number of hydrogen-bond donors (Lipinski definition) is 1. The monoisotopic (exact) mass is 204 g/mol. The molecule has 0 bridgehead atoms. The van der Waals surface area contributed by atoms with E-state index in [9.17, 15) is 14.7 Å². The molecule has 0 saturated heterocycles. The minimum Gasteiger partial charge on any atom is -0.369 e. The first kappa shape index (κ1) is 10.5. The molecule has 47 valence electrons. The number of hydrogen-bond acceptors (Lipinski definition) is 4. The van der Waals surface area contributed by atoms with Gasteiger partial charge in [0.1, 0.15) is 0 Å². The molecule has 8 heavy (non-hydrogen) atoms. The topological polar surface area (TPSA) is 103 Å². The minimum absolute atomic E-state index is 0. The number of rotatable bonds is 0. The zero-order valence-electron chi connectivity index (χ0n) is 4.04. The van der Waals surface area contributed by atoms with Crippen molar-refractivity contribution in [2.45, 2.75) is 0 Å². The predicted octanol–water partition coefficient (Wildman–Crippen LogP) is -1.88. The molecule has 0 aromatic heterocycles. The Balaban J connectivity index is 0. The molecule has 0 heterocycles. The van der Waals surface area contributed by atoms with Crippen LogP contribution in [-0.2, 0) is 33.2 Å². The van der Waals surface area contributed by atoms with Gasteiger partial charge in [-0.1, -0.05) is 0 Å². The summed E-state index contributed by atoms with van der Waals surface area (Å²) in [6, 6.07) is 0. The van der Waals surface area contributed by atoms with Crippen LogP contribution in [0.2, 0.25) is 0 Å². The van der Waals surface area contributed by atoms with Crippen LogP contribution in [0.4, 0.5) is 0 Å². The Morgan fingerprint density at radius 3 is 1.88 bits per heavy atom. The van der Waals surface area contributed by atoms with Gasteiger partial charge in [-0.3, -0.25) is 0 Å². The smallest absolute Gasteiger partial charge is 0.369 e. The predicted molar refractivity (Wildman–Crippen MR) is 17.1 cm³/mol. The molecular formula is C2H4MoNO4. The fraction of sp³-hybridized carbons (Fsp3) is 0. The summed E-state index contributed by atoms with van der Waals surface area (Å²) in [7, 11) is 0. The second-order valence-corrected chi connectivity index (χ2v) is 1.07. The van der Waals surface area contributed by atoms with Gasteiger partial charge in [-0.05, 0) is 0 Å². The average molecular weight is 202 g/mol. The molecule has 5 nitrogen and oxygen atoms in total. The van der Waals surface area contributed by atoms with E-state index in [1.807, 2.05) is 0 Å². The molecule has 0 aromatic carbocycles. The molecule has 0 aliphatic rings. The first-order valence-electron chi connectivity index (χ1n) is 1.23. The summed E-state index contributed by atoms with van der Waals surface area (Å²) < 4.78 is 3.72. The molecule has 4 N–H and O–H groups in total. The number of carbonyl (C=O) groups excluding carboxylic acids is 2. The molecular weight excluding hydrogens is 198 g/mol. The Bertz CT molecular complexity index is 102. The third-order valence-corrected chi connectivity index (χ3v) is 0.614. The van der Waals surface area contributed by atoms with Crippen molar-refractivity contribution in [1.29, 1.82) is 0 Å². The van der Waals surface area contributed by atoms with Crippen molar-refractivity contribution in [3.05, 3.63) is 0 Å². The molecule has 0 aliphatic heterocycles. The van der Waals surface area contributed by atoms with Crippen LogP contribution in [0.1, 0.15) is 0 Å². The van der Waals surface area contributed by atoms with Gasteiger partial charge >= 0.3 is 50.2 Å². The maximum absolute atomic E-state index is 9.63. The van der Waals surface area contributed by atoms with Crippen molar-refractivity contribution in [1.82, 2.24) is 6.15 Å². The van der Waals surface area contributed by atoms with Crippen LogP contribution < -0.4 is 11.3 Å². The molecule has 6 heteroatoms. The van der Waals surface area contributed by atoms with Gasteiger partial charge in [-0.25, -0.2) is 0 Å². The van der Waals surface area contributed by atoms with Crippen LogP contribution in [0.15, 0.2) is 0 Å². The van der Waals surface area contributed by atoms with E-state index >= 15 is 0 Å². The number of quaternary nitrogens is 1. The van der Waals surface area contributed by atoms with Crippen molar-refractivity contribution in [3.8, 4) is 0 Å². The summed E-state index contributed by atoms with van der Waals surface area (Å²) in [5, 5.41) is 9.35. The molecule has 0 rings (SSSR count). The van der Waals surface area contributed by atoms with Crippen LogP contribution >= 0.6 is 0 Å². The largest absolute Gasteiger partial charge is 0.369 e. The maximum atomic E-state index is 9.63. The fourth-order valence-electron chi connectivity index (χ4n) is 0.0340. The van der Waals surface area contributed by atoms with Gasteiger partial charge in [-0.2, -0.15) is 0 Å². The van der Waals surface area contributed by atoms with E-state index in [1.165, 1.54) is 0 Å². The zero-order chi connectivity index (χ0) is 5.86. The Morgan fingerprint density at radius 2 is 1.88 bits per heavy atom. The number of carboxylic acids is 1. The van der Waals surface area contributed by atoms with Gasteiger partial charge in [0, 0.05) is 0 Å². The number of carbonyl (C=O) groups is 2. The van der Waals surface area contributed by atoms with E-state index in [0.717, 1.165) is 20.2 Å². The number of carboxylic acid groups (broad SMARTS) is 1. The van der Waals surface area contributed by atoms with E-state index in [0.29, 0.717) is 0 Å². The molecule has 0 amide bonds. The Morgan fingerprint density at radius 1 is 1.50 bits per heavy atom. The standard InChI is InChI=1S/C2H2O4.Mo.H3N/c3-1(4)2(5)6;;/h(H,3,4)(H,5,6);;1H3/q;+1;/p-1. The molecule has 0 aliphatic carbocycles. The Labute approximate surface area is 57.0 Å². The SMILES string of the molecule is O=C([O-])C(=O)[O][Mo].[NH4+]. The number of aliphatic carboxylic acids is 1. The van der Waals surface area contributed by atoms with Gasteiger partial charge in [0.25, 0.3) is 0 Å². The summed E-state index contributed by atoms with van der Waals surface area (Å²) >= 11 is 0.908. The second-order valence-electron chi connectivity index (χ2n) is 0.658. The summed E-state index contributed by atoms with van der Waals surface area (Å²) in [6.45, 7) is 0. The summed E-state index contributed by atoms with van der Waals surface area (Å²) in [5.41, 5.74) is 0. The van der Waals surface area contributed by atoms with Crippen LogP contribution in [0.3, 0.4) is 0 Å². The van der Waals surface area contributed by atoms with Crippen LogP contribution in [0.25, 0.3) is 0 Å². The second kappa shape index (κ2) is 4.74. The zero-order valence-corrected chi connectivity index (χ0v) is 6.05. The van der Waals surface area contributed by atoms with Crippen molar-refractivity contribution in [2.75, 3.05) is 0 Å². The normalized spacial score (nSPS) is 6.50. The van der Waals surface area contributed by atoms with Gasteiger partial charge in [0.2, 0.25) is 0 Å². The van der Waals surface area contributed by atoms with Gasteiger partial charge in [0.15, 0.2) is 0 Å². The molecule has 0 fully saturated rings. The Kier molecular flexibility index (Phi) is 6.25. The maximum Gasteiger partial charge on any atom is -0.369 e. The summed E-state index contributed by atoms with van der Waals surface area (Å²) in [6.07, 6.45) is 0. The van der Waals surface area contributed by atoms with E-state index in [2.05, 4.69) is 3.39 Å². The molecule has 0 spiro atoms. The van der Waals surface area contributed by atoms with Crippen molar-refractivity contribution in [2.24, 2.45) is 0 Å². The molecule has 0 unspecified atom stereocenters. The first-order chi connectivity index (χ1) is 3.18. The summed E-state index contributed by atoms with van der Waals surface area (Å²) in [5.74, 6) is -3.16. The van der Waals surface area contributed by atoms with Crippen molar-refractivity contribution >= 4 is 11.9 Å². The van der Waals surface area contributed by atoms with E-state index in [-0.39, 0.29) is 6.15 Å². The molecule has 0 saturated carbocycles. The molecule has 0 atom stereocenters. The van der Waals surface area contributed by atoms with Crippen LogP contribution in [0, 0.1) is 0 Å². The van der Waals surface area contributed by atoms with Crippen LogP contribution in [0.5, 0.6) is 0 Å². The minimum atomic E-state index is -1.81.